The lowest BCUT2D eigenvalue weighted by molar-refractivity contribution is -0.117. The second kappa shape index (κ2) is 10.8. The van der Waals surface area contributed by atoms with E-state index in [2.05, 4.69) is 11.4 Å². The highest BCUT2D eigenvalue weighted by Crippen LogP contribution is 2.16. The Labute approximate surface area is 160 Å². The van der Waals surface area contributed by atoms with Gasteiger partial charge in [-0.1, -0.05) is 42.0 Å². The van der Waals surface area contributed by atoms with Crippen LogP contribution in [0.1, 0.15) is 23.1 Å². The van der Waals surface area contributed by atoms with Crippen LogP contribution in [0.5, 0.6) is 5.75 Å². The molecule has 0 radical (unpaired) electrons. The van der Waals surface area contributed by atoms with E-state index in [1.807, 2.05) is 55.5 Å². The van der Waals surface area contributed by atoms with Crippen LogP contribution in [0.25, 0.3) is 6.08 Å². The Morgan fingerprint density at radius 3 is 2.67 bits per heavy atom. The maximum absolute atomic E-state index is 12.0. The molecule has 2 rings (SSSR count). The molecule has 0 aliphatic heterocycles. The molecule has 27 heavy (non-hydrogen) atoms. The first-order valence-corrected chi connectivity index (χ1v) is 8.79. The molecule has 0 fully saturated rings. The highest BCUT2D eigenvalue weighted by atomic mass is 16.5. The van der Waals surface area contributed by atoms with Gasteiger partial charge in [-0.15, -0.1) is 0 Å². The normalized spacial score (nSPS) is 10.9. The maximum Gasteiger partial charge on any atom is 0.261 e. The molecule has 0 saturated carbocycles. The van der Waals surface area contributed by atoms with Crippen molar-refractivity contribution in [2.75, 3.05) is 20.3 Å². The van der Waals surface area contributed by atoms with Crippen molar-refractivity contribution in [3.8, 4) is 11.8 Å². The fraction of sp³-hybridized carbons (Fsp3) is 0.273. The molecule has 0 bridgehead atoms. The number of carbonyl (C=O) groups is 1. The summed E-state index contributed by atoms with van der Waals surface area (Å²) in [6.07, 6.45) is 2.27. The van der Waals surface area contributed by atoms with Crippen molar-refractivity contribution < 1.29 is 14.3 Å². The van der Waals surface area contributed by atoms with E-state index in [4.69, 9.17) is 9.47 Å². The fourth-order valence-corrected chi connectivity index (χ4v) is 2.46. The summed E-state index contributed by atoms with van der Waals surface area (Å²) in [4.78, 5) is 12.0. The SMILES string of the molecule is COCCCNC(=O)/C(C#N)=C/c1ccc(OCc2cccc(C)c2)cc1. The zero-order chi connectivity index (χ0) is 19.5. The number of rotatable bonds is 9. The lowest BCUT2D eigenvalue weighted by Crippen LogP contribution is -2.26. The van der Waals surface area contributed by atoms with Crippen molar-refractivity contribution in [1.82, 2.24) is 5.32 Å². The van der Waals surface area contributed by atoms with Gasteiger partial charge in [-0.25, -0.2) is 0 Å². The van der Waals surface area contributed by atoms with Crippen LogP contribution in [-0.4, -0.2) is 26.2 Å². The fourth-order valence-electron chi connectivity index (χ4n) is 2.46. The molecule has 0 heterocycles. The molecule has 0 aliphatic rings. The summed E-state index contributed by atoms with van der Waals surface area (Å²) >= 11 is 0. The predicted molar refractivity (Wildman–Crippen MR) is 105 cm³/mol. The van der Waals surface area contributed by atoms with Crippen molar-refractivity contribution in [2.24, 2.45) is 0 Å². The van der Waals surface area contributed by atoms with Gasteiger partial charge < -0.3 is 14.8 Å². The second-order valence-corrected chi connectivity index (χ2v) is 6.12. The average Bonchev–Trinajstić information content (AvgIpc) is 2.68. The van der Waals surface area contributed by atoms with Crippen LogP contribution in [0.3, 0.4) is 0 Å². The number of nitrogens with one attached hydrogen (secondary N) is 1. The van der Waals surface area contributed by atoms with E-state index in [0.717, 1.165) is 16.9 Å². The number of aryl methyl sites for hydroxylation is 1. The van der Waals surface area contributed by atoms with Gasteiger partial charge >= 0.3 is 0 Å². The standard InChI is InChI=1S/C22H24N2O3/c1-17-5-3-6-19(13-17)16-27-21-9-7-18(8-10-21)14-20(15-23)22(25)24-11-4-12-26-2/h3,5-10,13-14H,4,11-12,16H2,1-2H3,(H,24,25)/b20-14+. The summed E-state index contributed by atoms with van der Waals surface area (Å²) in [6, 6.07) is 17.4. The topological polar surface area (TPSA) is 71.3 Å². The molecular weight excluding hydrogens is 340 g/mol. The molecule has 0 spiro atoms. The molecular formula is C22H24N2O3. The molecule has 0 saturated heterocycles. The largest absolute Gasteiger partial charge is 0.489 e. The van der Waals surface area contributed by atoms with Crippen molar-refractivity contribution in [3.63, 3.8) is 0 Å². The minimum absolute atomic E-state index is 0.0702. The molecule has 2 aromatic carbocycles. The summed E-state index contributed by atoms with van der Waals surface area (Å²) in [5.41, 5.74) is 3.14. The van der Waals surface area contributed by atoms with Gasteiger partial charge in [0.25, 0.3) is 5.91 Å². The van der Waals surface area contributed by atoms with Gasteiger partial charge in [0.15, 0.2) is 0 Å². The lowest BCUT2D eigenvalue weighted by atomic mass is 10.1. The monoisotopic (exact) mass is 364 g/mol. The average molecular weight is 364 g/mol. The molecule has 0 unspecified atom stereocenters. The van der Waals surface area contributed by atoms with Gasteiger partial charge in [-0.05, 0) is 42.7 Å². The van der Waals surface area contributed by atoms with Crippen molar-refractivity contribution in [3.05, 3.63) is 70.8 Å². The highest BCUT2D eigenvalue weighted by Gasteiger charge is 2.08. The minimum Gasteiger partial charge on any atom is -0.489 e. The van der Waals surface area contributed by atoms with E-state index in [0.29, 0.717) is 26.2 Å². The van der Waals surface area contributed by atoms with Crippen molar-refractivity contribution >= 4 is 12.0 Å². The first-order valence-electron chi connectivity index (χ1n) is 8.79. The zero-order valence-corrected chi connectivity index (χ0v) is 15.7. The Morgan fingerprint density at radius 2 is 2.00 bits per heavy atom. The number of nitriles is 1. The van der Waals surface area contributed by atoms with E-state index < -0.39 is 0 Å². The van der Waals surface area contributed by atoms with E-state index >= 15 is 0 Å². The Hall–Kier alpha value is -3.10. The molecule has 5 nitrogen and oxygen atoms in total. The maximum atomic E-state index is 12.0. The molecule has 140 valence electrons. The van der Waals surface area contributed by atoms with Crippen LogP contribution >= 0.6 is 0 Å². The van der Waals surface area contributed by atoms with Crippen LogP contribution in [0, 0.1) is 18.3 Å². The van der Waals surface area contributed by atoms with Crippen LogP contribution in [0.4, 0.5) is 0 Å². The first kappa shape index (κ1) is 20.2. The summed E-state index contributed by atoms with van der Waals surface area (Å²) in [6.45, 7) is 3.57. The van der Waals surface area contributed by atoms with Gasteiger partial charge in [0, 0.05) is 20.3 Å². The Balaban J connectivity index is 1.93. The van der Waals surface area contributed by atoms with Crippen LogP contribution < -0.4 is 10.1 Å². The molecule has 1 N–H and O–H groups in total. The number of hydrogen-bond donors (Lipinski definition) is 1. The molecule has 2 aromatic rings. The Kier molecular flexibility index (Phi) is 8.08. The summed E-state index contributed by atoms with van der Waals surface area (Å²) < 4.78 is 10.7. The number of benzene rings is 2. The smallest absolute Gasteiger partial charge is 0.261 e. The predicted octanol–water partition coefficient (Wildman–Crippen LogP) is 3.63. The minimum atomic E-state index is -0.381. The van der Waals surface area contributed by atoms with E-state index in [9.17, 15) is 10.1 Å². The molecule has 0 atom stereocenters. The van der Waals surface area contributed by atoms with E-state index in [1.54, 1.807) is 13.2 Å². The third-order valence-electron chi connectivity index (χ3n) is 3.85. The third kappa shape index (κ3) is 6.96. The van der Waals surface area contributed by atoms with E-state index in [1.165, 1.54) is 5.56 Å². The van der Waals surface area contributed by atoms with Crippen LogP contribution in [-0.2, 0) is 16.1 Å². The van der Waals surface area contributed by atoms with Gasteiger partial charge in [0.1, 0.15) is 24.0 Å². The second-order valence-electron chi connectivity index (χ2n) is 6.12. The molecule has 0 aromatic heterocycles. The van der Waals surface area contributed by atoms with Crippen LogP contribution in [0.2, 0.25) is 0 Å². The number of amides is 1. The van der Waals surface area contributed by atoms with E-state index in [-0.39, 0.29) is 11.5 Å². The van der Waals surface area contributed by atoms with Gasteiger partial charge in [0.05, 0.1) is 0 Å². The van der Waals surface area contributed by atoms with Crippen molar-refractivity contribution in [1.29, 1.82) is 5.26 Å². The molecule has 0 aliphatic carbocycles. The first-order chi connectivity index (χ1) is 13.1. The van der Waals surface area contributed by atoms with Gasteiger partial charge in [-0.3, -0.25) is 4.79 Å². The number of ether oxygens (including phenoxy) is 2. The van der Waals surface area contributed by atoms with Gasteiger partial charge in [0.2, 0.25) is 0 Å². The van der Waals surface area contributed by atoms with Crippen LogP contribution in [0.15, 0.2) is 54.1 Å². The number of carbonyl (C=O) groups excluding carboxylic acids is 1. The summed E-state index contributed by atoms with van der Waals surface area (Å²) in [5.74, 6) is 0.351. The number of hydrogen-bond acceptors (Lipinski definition) is 4. The summed E-state index contributed by atoms with van der Waals surface area (Å²) in [5, 5.41) is 11.9. The van der Waals surface area contributed by atoms with Crippen molar-refractivity contribution in [2.45, 2.75) is 20.0 Å². The number of methoxy groups -OCH3 is 1. The quantitative estimate of drug-likeness (QED) is 0.419. The highest BCUT2D eigenvalue weighted by molar-refractivity contribution is 6.01. The molecule has 5 heteroatoms. The Morgan fingerprint density at radius 1 is 1.22 bits per heavy atom. The lowest BCUT2D eigenvalue weighted by Gasteiger charge is -2.07. The van der Waals surface area contributed by atoms with Gasteiger partial charge in [-0.2, -0.15) is 5.26 Å². The zero-order valence-electron chi connectivity index (χ0n) is 15.7. The Bertz CT molecular complexity index is 820. The summed E-state index contributed by atoms with van der Waals surface area (Å²) in [7, 11) is 1.61. The third-order valence-corrected chi connectivity index (χ3v) is 3.85. The number of nitrogens with zero attached hydrogens (tertiary/aromatic N) is 1. The molecule has 1 amide bonds.